The van der Waals surface area contributed by atoms with Crippen LogP contribution in [0, 0.1) is 6.92 Å². The topological polar surface area (TPSA) is 43.8 Å². The molecule has 0 bridgehead atoms. The molecule has 0 radical (unpaired) electrons. The zero-order valence-electron chi connectivity index (χ0n) is 11.7. The van der Waals surface area contributed by atoms with Crippen LogP contribution in [0.4, 0.5) is 0 Å². The summed E-state index contributed by atoms with van der Waals surface area (Å²) in [5.41, 5.74) is 10.4. The summed E-state index contributed by atoms with van der Waals surface area (Å²) in [5.74, 6) is 0. The highest BCUT2D eigenvalue weighted by molar-refractivity contribution is 5.83. The van der Waals surface area contributed by atoms with Crippen LogP contribution in [0.2, 0.25) is 0 Å². The molecular formula is C17H19N3. The van der Waals surface area contributed by atoms with Gasteiger partial charge in [0.05, 0.1) is 12.2 Å². The number of aryl methyl sites for hydroxylation is 1. The number of hydrogen-bond acceptors (Lipinski definition) is 2. The molecule has 0 saturated carbocycles. The fourth-order valence-corrected chi connectivity index (χ4v) is 2.66. The maximum Gasteiger partial charge on any atom is 0.0648 e. The Kier molecular flexibility index (Phi) is 3.52. The Morgan fingerprint density at radius 2 is 1.95 bits per heavy atom. The zero-order valence-corrected chi connectivity index (χ0v) is 11.7. The fourth-order valence-electron chi connectivity index (χ4n) is 2.66. The smallest absolute Gasteiger partial charge is 0.0648 e. The van der Waals surface area contributed by atoms with E-state index in [1.807, 2.05) is 13.0 Å². The predicted molar refractivity (Wildman–Crippen MR) is 82.8 cm³/mol. The highest BCUT2D eigenvalue weighted by Gasteiger charge is 2.06. The Balaban J connectivity index is 1.98. The molecule has 1 aromatic carbocycles. The van der Waals surface area contributed by atoms with E-state index in [9.17, 15) is 0 Å². The number of pyridine rings is 1. The van der Waals surface area contributed by atoms with Crippen molar-refractivity contribution in [2.75, 3.05) is 6.54 Å². The van der Waals surface area contributed by atoms with Crippen LogP contribution in [-0.2, 0) is 13.0 Å². The van der Waals surface area contributed by atoms with Gasteiger partial charge in [-0.25, -0.2) is 0 Å². The van der Waals surface area contributed by atoms with Gasteiger partial charge in [-0.15, -0.1) is 0 Å². The Morgan fingerprint density at radius 1 is 1.10 bits per heavy atom. The lowest BCUT2D eigenvalue weighted by Crippen LogP contribution is -2.03. The van der Waals surface area contributed by atoms with Crippen LogP contribution in [-0.4, -0.2) is 16.1 Å². The standard InChI is InChI=1S/C17H19N3/c1-13-4-2-6-15(19-13)12-20-11-9-16-14(8-10-18)5-3-7-17(16)20/h2-7,9,11H,8,10,12,18H2,1H3. The monoisotopic (exact) mass is 265 g/mol. The van der Waals surface area contributed by atoms with Crippen molar-refractivity contribution in [1.82, 2.24) is 9.55 Å². The number of rotatable bonds is 4. The molecule has 102 valence electrons. The second-order valence-electron chi connectivity index (χ2n) is 5.10. The van der Waals surface area contributed by atoms with Crippen molar-refractivity contribution in [3.05, 3.63) is 65.6 Å². The molecule has 3 rings (SSSR count). The highest BCUT2D eigenvalue weighted by atomic mass is 15.0. The highest BCUT2D eigenvalue weighted by Crippen LogP contribution is 2.21. The summed E-state index contributed by atoms with van der Waals surface area (Å²) in [5, 5.41) is 1.30. The van der Waals surface area contributed by atoms with Gasteiger partial charge in [0.2, 0.25) is 0 Å². The van der Waals surface area contributed by atoms with E-state index < -0.39 is 0 Å². The van der Waals surface area contributed by atoms with Gasteiger partial charge in [-0.1, -0.05) is 18.2 Å². The molecule has 2 N–H and O–H groups in total. The second kappa shape index (κ2) is 5.47. The van der Waals surface area contributed by atoms with Gasteiger partial charge in [-0.2, -0.15) is 0 Å². The van der Waals surface area contributed by atoms with Gasteiger partial charge in [-0.05, 0) is 49.7 Å². The van der Waals surface area contributed by atoms with Crippen LogP contribution in [0.3, 0.4) is 0 Å². The van der Waals surface area contributed by atoms with Gasteiger partial charge >= 0.3 is 0 Å². The maximum atomic E-state index is 5.68. The van der Waals surface area contributed by atoms with E-state index in [1.54, 1.807) is 0 Å². The van der Waals surface area contributed by atoms with Crippen molar-refractivity contribution >= 4 is 10.9 Å². The molecule has 0 fully saturated rings. The first-order valence-corrected chi connectivity index (χ1v) is 6.97. The van der Waals surface area contributed by atoms with E-state index in [0.717, 1.165) is 24.4 Å². The van der Waals surface area contributed by atoms with Crippen LogP contribution in [0.25, 0.3) is 10.9 Å². The minimum absolute atomic E-state index is 0.684. The van der Waals surface area contributed by atoms with E-state index in [2.05, 4.69) is 52.1 Å². The Hall–Kier alpha value is -2.13. The number of hydrogen-bond donors (Lipinski definition) is 1. The number of fused-ring (bicyclic) bond motifs is 1. The minimum Gasteiger partial charge on any atom is -0.341 e. The van der Waals surface area contributed by atoms with Crippen molar-refractivity contribution in [3.63, 3.8) is 0 Å². The number of aromatic nitrogens is 2. The predicted octanol–water partition coefficient (Wildman–Crippen LogP) is 2.89. The lowest BCUT2D eigenvalue weighted by Gasteiger charge is -2.07. The SMILES string of the molecule is Cc1cccc(Cn2ccc3c(CCN)cccc32)n1. The molecule has 2 heterocycles. The van der Waals surface area contributed by atoms with Crippen molar-refractivity contribution in [2.24, 2.45) is 5.73 Å². The molecule has 3 nitrogen and oxygen atoms in total. The van der Waals surface area contributed by atoms with E-state index in [0.29, 0.717) is 6.54 Å². The van der Waals surface area contributed by atoms with Crippen LogP contribution < -0.4 is 5.73 Å². The minimum atomic E-state index is 0.684. The normalized spacial score (nSPS) is 11.1. The Labute approximate surface area is 119 Å². The summed E-state index contributed by atoms with van der Waals surface area (Å²) in [6, 6.07) is 14.8. The van der Waals surface area contributed by atoms with Crippen molar-refractivity contribution in [2.45, 2.75) is 19.9 Å². The lowest BCUT2D eigenvalue weighted by atomic mass is 10.1. The molecule has 0 spiro atoms. The molecule has 0 aliphatic heterocycles. The molecule has 0 unspecified atom stereocenters. The van der Waals surface area contributed by atoms with Gasteiger partial charge in [0.25, 0.3) is 0 Å². The summed E-state index contributed by atoms with van der Waals surface area (Å²) in [6.07, 6.45) is 3.05. The molecular weight excluding hydrogens is 246 g/mol. The summed E-state index contributed by atoms with van der Waals surface area (Å²) in [7, 11) is 0. The summed E-state index contributed by atoms with van der Waals surface area (Å²) in [6.45, 7) is 3.51. The fraction of sp³-hybridized carbons (Fsp3) is 0.235. The summed E-state index contributed by atoms with van der Waals surface area (Å²) in [4.78, 5) is 4.57. The number of nitrogens with zero attached hydrogens (tertiary/aromatic N) is 2. The van der Waals surface area contributed by atoms with E-state index >= 15 is 0 Å². The quantitative estimate of drug-likeness (QED) is 0.788. The summed E-state index contributed by atoms with van der Waals surface area (Å²) >= 11 is 0. The van der Waals surface area contributed by atoms with Crippen LogP contribution in [0.1, 0.15) is 17.0 Å². The van der Waals surface area contributed by atoms with Gasteiger partial charge in [0.15, 0.2) is 0 Å². The lowest BCUT2D eigenvalue weighted by molar-refractivity contribution is 0.802. The van der Waals surface area contributed by atoms with Crippen molar-refractivity contribution in [3.8, 4) is 0 Å². The largest absolute Gasteiger partial charge is 0.341 e. The second-order valence-corrected chi connectivity index (χ2v) is 5.10. The summed E-state index contributed by atoms with van der Waals surface area (Å²) < 4.78 is 2.25. The van der Waals surface area contributed by atoms with E-state index in [1.165, 1.54) is 16.5 Å². The first kappa shape index (κ1) is 12.9. The molecule has 20 heavy (non-hydrogen) atoms. The number of benzene rings is 1. The Morgan fingerprint density at radius 3 is 2.75 bits per heavy atom. The molecule has 0 aliphatic rings. The molecule has 0 aliphatic carbocycles. The molecule has 2 aromatic heterocycles. The average Bonchev–Trinajstić information content (AvgIpc) is 2.84. The molecule has 3 aromatic rings. The Bertz CT molecular complexity index is 728. The third kappa shape index (κ3) is 2.45. The third-order valence-corrected chi connectivity index (χ3v) is 3.60. The maximum absolute atomic E-state index is 5.68. The van der Waals surface area contributed by atoms with Crippen LogP contribution in [0.15, 0.2) is 48.7 Å². The van der Waals surface area contributed by atoms with Gasteiger partial charge in [-0.3, -0.25) is 4.98 Å². The molecule has 0 atom stereocenters. The molecule has 3 heteroatoms. The number of nitrogens with two attached hydrogens (primary N) is 1. The first-order valence-electron chi connectivity index (χ1n) is 6.97. The zero-order chi connectivity index (χ0) is 13.9. The van der Waals surface area contributed by atoms with Gasteiger partial charge < -0.3 is 10.3 Å². The van der Waals surface area contributed by atoms with Crippen LogP contribution in [0.5, 0.6) is 0 Å². The van der Waals surface area contributed by atoms with Crippen molar-refractivity contribution in [1.29, 1.82) is 0 Å². The third-order valence-electron chi connectivity index (χ3n) is 3.60. The van der Waals surface area contributed by atoms with Gasteiger partial charge in [0.1, 0.15) is 0 Å². The van der Waals surface area contributed by atoms with E-state index in [4.69, 9.17) is 5.73 Å². The molecule has 0 saturated heterocycles. The molecule has 0 amide bonds. The average molecular weight is 265 g/mol. The first-order chi connectivity index (χ1) is 9.78. The van der Waals surface area contributed by atoms with Gasteiger partial charge in [0, 0.05) is 22.8 Å². The van der Waals surface area contributed by atoms with Crippen molar-refractivity contribution < 1.29 is 0 Å². The van der Waals surface area contributed by atoms with Crippen LogP contribution >= 0.6 is 0 Å². The van der Waals surface area contributed by atoms with E-state index in [-0.39, 0.29) is 0 Å².